The van der Waals surface area contributed by atoms with Crippen molar-refractivity contribution in [3.63, 3.8) is 0 Å². The van der Waals surface area contributed by atoms with Crippen molar-refractivity contribution in [2.24, 2.45) is 0 Å². The van der Waals surface area contributed by atoms with Crippen molar-refractivity contribution < 1.29 is 34.4 Å². The molecule has 0 aliphatic heterocycles. The van der Waals surface area contributed by atoms with E-state index < -0.39 is 42.3 Å². The van der Waals surface area contributed by atoms with E-state index in [1.165, 1.54) is 42.5 Å². The van der Waals surface area contributed by atoms with E-state index in [2.05, 4.69) is 0 Å². The van der Waals surface area contributed by atoms with Crippen LogP contribution in [-0.2, 0) is 26.2 Å². The van der Waals surface area contributed by atoms with Gasteiger partial charge in [-0.05, 0) is 85.6 Å². The molecule has 0 amide bonds. The number of alkyl halides is 3. The number of hydrogen-bond donors (Lipinski definition) is 0. The van der Waals surface area contributed by atoms with Crippen LogP contribution in [0, 0.1) is 13.8 Å². The van der Waals surface area contributed by atoms with E-state index in [0.717, 1.165) is 17.2 Å². The van der Waals surface area contributed by atoms with Crippen LogP contribution >= 0.6 is 0 Å². The highest BCUT2D eigenvalue weighted by molar-refractivity contribution is 8.10. The summed E-state index contributed by atoms with van der Waals surface area (Å²) in [6.07, 6.45) is -4.73. The molecular weight excluding hydrogens is 591 g/mol. The van der Waals surface area contributed by atoms with Crippen LogP contribution in [0.4, 0.5) is 18.9 Å². The van der Waals surface area contributed by atoms with Crippen LogP contribution in [-0.4, -0.2) is 16.8 Å². The number of aryl methyl sites for hydroxylation is 2. The van der Waals surface area contributed by atoms with Crippen molar-refractivity contribution in [3.05, 3.63) is 124 Å². The average molecular weight is 614 g/mol. The van der Waals surface area contributed by atoms with Gasteiger partial charge in [-0.2, -0.15) is 16.9 Å². The Morgan fingerprint density at radius 2 is 1.26 bits per heavy atom. The van der Waals surface area contributed by atoms with Crippen molar-refractivity contribution >= 4 is 36.7 Å². The highest BCUT2D eigenvalue weighted by Crippen LogP contribution is 2.35. The van der Waals surface area contributed by atoms with Crippen LogP contribution in [0.2, 0.25) is 0 Å². The lowest BCUT2D eigenvalue weighted by Gasteiger charge is -2.24. The number of hydrogen-bond acceptors (Lipinski definition) is 6. The molecule has 5 rings (SSSR count). The van der Waals surface area contributed by atoms with E-state index in [1.807, 2.05) is 0 Å². The fourth-order valence-electron chi connectivity index (χ4n) is 4.41. The fourth-order valence-corrected chi connectivity index (χ4v) is 8.09. The van der Waals surface area contributed by atoms with Gasteiger partial charge in [-0.3, -0.25) is 0 Å². The third-order valence-electron chi connectivity index (χ3n) is 6.60. The second kappa shape index (κ2) is 10.4. The van der Waals surface area contributed by atoms with E-state index >= 15 is 0 Å². The Morgan fingerprint density at radius 3 is 1.83 bits per heavy atom. The van der Waals surface area contributed by atoms with E-state index in [0.29, 0.717) is 29.8 Å². The molecule has 0 unspecified atom stereocenters. The van der Waals surface area contributed by atoms with E-state index in [-0.39, 0.29) is 30.8 Å². The highest BCUT2D eigenvalue weighted by atomic mass is 32.3. The quantitative estimate of drug-likeness (QED) is 0.198. The topological polar surface area (TPSA) is 102 Å². The zero-order valence-corrected chi connectivity index (χ0v) is 23.7. The second-order valence-electron chi connectivity index (χ2n) is 9.53. The zero-order valence-electron chi connectivity index (χ0n) is 22.1. The maximum atomic E-state index is 13.9. The summed E-state index contributed by atoms with van der Waals surface area (Å²) in [5.74, 6) is 0. The Bertz CT molecular complexity index is 2090. The molecule has 12 heteroatoms. The molecule has 0 saturated carbocycles. The minimum absolute atomic E-state index is 0.0701. The Labute approximate surface area is 239 Å². The van der Waals surface area contributed by atoms with Crippen LogP contribution < -0.4 is 9.34 Å². The molecule has 42 heavy (non-hydrogen) atoms. The minimum atomic E-state index is -4.99. The molecule has 0 atom stereocenters. The number of anilines is 1. The van der Waals surface area contributed by atoms with Crippen molar-refractivity contribution in [1.29, 1.82) is 0 Å². The Balaban J connectivity index is 1.74. The van der Waals surface area contributed by atoms with Crippen molar-refractivity contribution in [3.8, 4) is 11.1 Å². The second-order valence-corrected chi connectivity index (χ2v) is 13.3. The first kappa shape index (κ1) is 29.1. The summed E-state index contributed by atoms with van der Waals surface area (Å²) in [4.78, 5) is 11.7. The lowest BCUT2D eigenvalue weighted by Crippen LogP contribution is -2.37. The number of halogens is 3. The van der Waals surface area contributed by atoms with Gasteiger partial charge in [0.05, 0.1) is 26.6 Å². The standard InChI is InChI=1S/C30H22F3NO6S2/c1-19-7-12-24(13-8-19)41(36,37)34(42(38,39)25-14-9-22(10-15-25)30(31,32)33)23-11-16-28-21(17-23)18-27(29(35)40-28)26-6-4-3-5-20(26)2/h3-18H,1-2H3. The molecule has 4 aromatic carbocycles. The summed E-state index contributed by atoms with van der Waals surface area (Å²) < 4.78 is 101. The van der Waals surface area contributed by atoms with Crippen molar-refractivity contribution in [1.82, 2.24) is 0 Å². The van der Waals surface area contributed by atoms with Crippen LogP contribution in [0.1, 0.15) is 16.7 Å². The lowest BCUT2D eigenvalue weighted by atomic mass is 10.0. The highest BCUT2D eigenvalue weighted by Gasteiger charge is 2.38. The molecule has 0 aliphatic rings. The molecule has 1 aromatic heterocycles. The number of nitrogens with zero attached hydrogens (tertiary/aromatic N) is 1. The maximum Gasteiger partial charge on any atom is 0.416 e. The SMILES string of the molecule is Cc1ccc(S(=O)(=O)N(c2ccc3oc(=O)c(-c4ccccc4C)cc3c2)S(=O)(=O)c2ccc(C(F)(F)F)cc2)cc1. The number of sulfonamides is 2. The molecule has 0 bridgehead atoms. The van der Waals surface area contributed by atoms with Gasteiger partial charge in [-0.1, -0.05) is 42.0 Å². The van der Waals surface area contributed by atoms with Crippen LogP contribution in [0.3, 0.4) is 0 Å². The first-order chi connectivity index (χ1) is 19.7. The van der Waals surface area contributed by atoms with E-state index in [1.54, 1.807) is 38.1 Å². The first-order valence-electron chi connectivity index (χ1n) is 12.4. The lowest BCUT2D eigenvalue weighted by molar-refractivity contribution is -0.137. The molecule has 1 heterocycles. The monoisotopic (exact) mass is 613 g/mol. The smallest absolute Gasteiger partial charge is 0.416 e. The van der Waals surface area contributed by atoms with Gasteiger partial charge in [0.1, 0.15) is 5.58 Å². The average Bonchev–Trinajstić information content (AvgIpc) is 2.93. The molecule has 0 spiro atoms. The summed E-state index contributed by atoms with van der Waals surface area (Å²) in [5.41, 5.74) is 0.221. The fraction of sp³-hybridized carbons (Fsp3) is 0.100. The summed E-state index contributed by atoms with van der Waals surface area (Å²) in [6.45, 7) is 3.51. The summed E-state index contributed by atoms with van der Waals surface area (Å²) in [6, 6.07) is 20.1. The molecule has 0 radical (unpaired) electrons. The van der Waals surface area contributed by atoms with Gasteiger partial charge < -0.3 is 4.42 Å². The van der Waals surface area contributed by atoms with Gasteiger partial charge >= 0.3 is 11.8 Å². The molecule has 7 nitrogen and oxygen atoms in total. The van der Waals surface area contributed by atoms with Gasteiger partial charge in [0.25, 0.3) is 20.0 Å². The zero-order chi connectivity index (χ0) is 30.4. The largest absolute Gasteiger partial charge is 0.422 e. The van der Waals surface area contributed by atoms with Gasteiger partial charge in [-0.25, -0.2) is 21.6 Å². The maximum absolute atomic E-state index is 13.9. The normalized spacial score (nSPS) is 12.4. The Kier molecular flexibility index (Phi) is 7.23. The third-order valence-corrected chi connectivity index (χ3v) is 10.8. The van der Waals surface area contributed by atoms with E-state index in [4.69, 9.17) is 4.42 Å². The minimum Gasteiger partial charge on any atom is -0.422 e. The van der Waals surface area contributed by atoms with Gasteiger partial charge in [0.15, 0.2) is 0 Å². The van der Waals surface area contributed by atoms with E-state index in [9.17, 15) is 34.8 Å². The molecule has 5 aromatic rings. The predicted molar refractivity (Wildman–Crippen MR) is 152 cm³/mol. The van der Waals surface area contributed by atoms with Gasteiger partial charge in [0, 0.05) is 5.39 Å². The van der Waals surface area contributed by atoms with Crippen molar-refractivity contribution in [2.75, 3.05) is 3.71 Å². The predicted octanol–water partition coefficient (Wildman–Crippen LogP) is 6.68. The Hall–Kier alpha value is -4.42. The first-order valence-corrected chi connectivity index (χ1v) is 15.3. The number of rotatable bonds is 6. The number of benzene rings is 4. The third kappa shape index (κ3) is 5.30. The molecule has 216 valence electrons. The van der Waals surface area contributed by atoms with Gasteiger partial charge in [0.2, 0.25) is 0 Å². The number of fused-ring (bicyclic) bond motifs is 1. The summed E-state index contributed by atoms with van der Waals surface area (Å²) in [7, 11) is -9.82. The van der Waals surface area contributed by atoms with Crippen LogP contribution in [0.15, 0.2) is 116 Å². The van der Waals surface area contributed by atoms with Crippen LogP contribution in [0.5, 0.6) is 0 Å². The molecule has 0 aliphatic carbocycles. The molecule has 0 saturated heterocycles. The van der Waals surface area contributed by atoms with Crippen LogP contribution in [0.25, 0.3) is 22.1 Å². The molecule has 0 fully saturated rings. The summed E-state index contributed by atoms with van der Waals surface area (Å²) >= 11 is 0. The molecular formula is C30H22F3NO6S2. The Morgan fingerprint density at radius 1 is 0.690 bits per heavy atom. The molecule has 0 N–H and O–H groups in total. The summed E-state index contributed by atoms with van der Waals surface area (Å²) in [5, 5.41) is 0.220. The van der Waals surface area contributed by atoms with Gasteiger partial charge in [-0.15, -0.1) is 0 Å². The van der Waals surface area contributed by atoms with Crippen molar-refractivity contribution in [2.45, 2.75) is 29.8 Å².